The third-order valence-corrected chi connectivity index (χ3v) is 7.96. The van der Waals surface area contributed by atoms with E-state index in [1.165, 1.54) is 22.7 Å². The summed E-state index contributed by atoms with van der Waals surface area (Å²) in [5.74, 6) is -1.19. The van der Waals surface area contributed by atoms with Gasteiger partial charge in [0.25, 0.3) is 5.91 Å². The minimum atomic E-state index is -0.850. The molecule has 3 rings (SSSR count). The molecule has 37 heavy (non-hydrogen) atoms. The summed E-state index contributed by atoms with van der Waals surface area (Å²) in [4.78, 5) is 28.5. The highest BCUT2D eigenvalue weighted by Crippen LogP contribution is 2.47. The predicted molar refractivity (Wildman–Crippen MR) is 148 cm³/mol. The number of ether oxygens (including phenoxy) is 1. The van der Waals surface area contributed by atoms with Gasteiger partial charge in [-0.2, -0.15) is 15.8 Å². The lowest BCUT2D eigenvalue weighted by atomic mass is 10.0. The summed E-state index contributed by atoms with van der Waals surface area (Å²) >= 11 is 5.76. The number of benzene rings is 2. The third-order valence-electron chi connectivity index (χ3n) is 5.11. The summed E-state index contributed by atoms with van der Waals surface area (Å²) < 4.78 is 5.92. The van der Waals surface area contributed by atoms with Gasteiger partial charge in [0.15, 0.2) is 5.57 Å². The van der Waals surface area contributed by atoms with E-state index in [0.29, 0.717) is 21.7 Å². The molecule has 1 fully saturated rings. The number of halogens is 1. The van der Waals surface area contributed by atoms with Crippen molar-refractivity contribution in [3.05, 3.63) is 91.8 Å². The number of esters is 1. The zero-order chi connectivity index (χ0) is 26.9. The zero-order valence-electron chi connectivity index (χ0n) is 19.8. The molecule has 0 radical (unpaired) electrons. The van der Waals surface area contributed by atoms with Gasteiger partial charge in [0.1, 0.15) is 34.1 Å². The second-order valence-electron chi connectivity index (χ2n) is 7.29. The lowest BCUT2D eigenvalue weighted by Gasteiger charge is -2.19. The van der Waals surface area contributed by atoms with Gasteiger partial charge >= 0.3 is 5.97 Å². The van der Waals surface area contributed by atoms with Crippen molar-refractivity contribution in [2.75, 3.05) is 17.8 Å². The molecule has 1 heterocycles. The minimum absolute atomic E-state index is 0.0737. The molecule has 1 aliphatic heterocycles. The van der Waals surface area contributed by atoms with Gasteiger partial charge in [0.2, 0.25) is 0 Å². The fraction of sp³-hybridized carbons (Fsp3) is 0.148. The fourth-order valence-corrected chi connectivity index (χ4v) is 6.11. The molecular weight excluding hydrogens is 572 g/mol. The fourth-order valence-electron chi connectivity index (χ4n) is 3.49. The lowest BCUT2D eigenvalue weighted by molar-refractivity contribution is -0.138. The van der Waals surface area contributed by atoms with E-state index in [-0.39, 0.29) is 28.7 Å². The van der Waals surface area contributed by atoms with Crippen LogP contribution in [0.25, 0.3) is 5.57 Å². The smallest absolute Gasteiger partial charge is 0.351 e. The second-order valence-corrected chi connectivity index (χ2v) is 10.1. The Labute approximate surface area is 231 Å². The first kappa shape index (κ1) is 27.8. The van der Waals surface area contributed by atoms with Gasteiger partial charge in [-0.15, -0.1) is 11.8 Å². The molecule has 1 saturated heterocycles. The van der Waals surface area contributed by atoms with Gasteiger partial charge in [-0.25, -0.2) is 4.79 Å². The van der Waals surface area contributed by atoms with Crippen LogP contribution in [0.4, 0.5) is 5.69 Å². The molecule has 0 aliphatic carbocycles. The summed E-state index contributed by atoms with van der Waals surface area (Å²) in [6, 6.07) is 21.6. The molecule has 0 N–H and O–H groups in total. The monoisotopic (exact) mass is 590 g/mol. The van der Waals surface area contributed by atoms with Gasteiger partial charge in [0, 0.05) is 15.1 Å². The average Bonchev–Trinajstić information content (AvgIpc) is 3.24. The van der Waals surface area contributed by atoms with E-state index in [1.807, 2.05) is 42.5 Å². The van der Waals surface area contributed by atoms with Crippen LogP contribution in [0.1, 0.15) is 12.5 Å². The van der Waals surface area contributed by atoms with E-state index in [4.69, 9.17) is 4.74 Å². The highest BCUT2D eigenvalue weighted by Gasteiger charge is 2.43. The Balaban J connectivity index is 2.30. The molecule has 0 spiro atoms. The molecule has 0 aromatic heterocycles. The normalized spacial score (nSPS) is 16.6. The molecule has 1 unspecified atom stereocenters. The van der Waals surface area contributed by atoms with E-state index >= 15 is 0 Å². The zero-order valence-corrected chi connectivity index (χ0v) is 23.0. The van der Waals surface area contributed by atoms with Gasteiger partial charge in [-0.3, -0.25) is 9.69 Å². The average molecular weight is 592 g/mol. The van der Waals surface area contributed by atoms with Crippen LogP contribution in [-0.2, 0) is 14.3 Å². The van der Waals surface area contributed by atoms with E-state index in [2.05, 4.69) is 15.9 Å². The number of allylic oxidation sites excluding steroid dienone is 3. The van der Waals surface area contributed by atoms with Crippen LogP contribution in [0, 0.1) is 34.0 Å². The molecule has 184 valence electrons. The van der Waals surface area contributed by atoms with Gasteiger partial charge in [-0.05, 0) is 54.7 Å². The Morgan fingerprint density at radius 1 is 1.11 bits per heavy atom. The van der Waals surface area contributed by atoms with Crippen LogP contribution in [0.2, 0.25) is 0 Å². The first-order valence-electron chi connectivity index (χ1n) is 10.8. The van der Waals surface area contributed by atoms with Crippen molar-refractivity contribution in [1.29, 1.82) is 15.8 Å². The van der Waals surface area contributed by atoms with E-state index in [1.54, 1.807) is 43.5 Å². The van der Waals surface area contributed by atoms with Crippen LogP contribution in [-0.4, -0.2) is 30.0 Å². The Morgan fingerprint density at radius 2 is 1.76 bits per heavy atom. The second kappa shape index (κ2) is 13.0. The van der Waals surface area contributed by atoms with Crippen molar-refractivity contribution in [3.8, 4) is 18.2 Å². The molecule has 1 amide bonds. The van der Waals surface area contributed by atoms with Crippen molar-refractivity contribution in [2.45, 2.75) is 12.2 Å². The summed E-state index contributed by atoms with van der Waals surface area (Å²) in [6.07, 6.45) is 3.24. The number of carbonyl (C=O) groups excluding carboxylic acids is 2. The van der Waals surface area contributed by atoms with Crippen LogP contribution in [0.15, 0.2) is 86.2 Å². The molecular formula is C27H19BrN4O3S2. The molecule has 0 saturated carbocycles. The van der Waals surface area contributed by atoms with Crippen molar-refractivity contribution in [3.63, 3.8) is 0 Å². The minimum Gasteiger partial charge on any atom is -0.462 e. The Kier molecular flexibility index (Phi) is 9.77. The topological polar surface area (TPSA) is 118 Å². The maximum atomic E-state index is 13.9. The Hall–Kier alpha value is -3.75. The Bertz CT molecular complexity index is 1410. The van der Waals surface area contributed by atoms with Crippen molar-refractivity contribution >= 4 is 62.6 Å². The molecule has 7 nitrogen and oxygen atoms in total. The van der Waals surface area contributed by atoms with E-state index in [9.17, 15) is 25.4 Å². The largest absolute Gasteiger partial charge is 0.462 e. The van der Waals surface area contributed by atoms with Crippen LogP contribution in [0.5, 0.6) is 0 Å². The highest BCUT2D eigenvalue weighted by atomic mass is 79.9. The first-order valence-corrected chi connectivity index (χ1v) is 13.7. The highest BCUT2D eigenvalue weighted by molar-refractivity contribution is 9.10. The van der Waals surface area contributed by atoms with Crippen LogP contribution in [0.3, 0.4) is 0 Å². The molecule has 1 atom stereocenters. The molecule has 2 aromatic carbocycles. The maximum absolute atomic E-state index is 13.9. The molecule has 2 aromatic rings. The van der Waals surface area contributed by atoms with E-state index < -0.39 is 11.2 Å². The number of thioether (sulfide) groups is 2. The van der Waals surface area contributed by atoms with Crippen molar-refractivity contribution in [1.82, 2.24) is 0 Å². The maximum Gasteiger partial charge on any atom is 0.351 e. The lowest BCUT2D eigenvalue weighted by Crippen LogP contribution is -2.30. The SMILES string of the molecule is CCOC(=O)C(C#N)=C1SC(C(SC)=C(C=C(C#N)C#N)c2ccc(Br)cc2)C(=O)N1c1ccccc1. The first-order chi connectivity index (χ1) is 17.9. The number of hydrogen-bond donors (Lipinski definition) is 0. The summed E-state index contributed by atoms with van der Waals surface area (Å²) in [5.41, 5.74) is 1.30. The number of nitrogens with zero attached hydrogens (tertiary/aromatic N) is 4. The van der Waals surface area contributed by atoms with Crippen molar-refractivity contribution in [2.24, 2.45) is 0 Å². The number of rotatable bonds is 7. The van der Waals surface area contributed by atoms with Crippen LogP contribution >= 0.6 is 39.5 Å². The van der Waals surface area contributed by atoms with Gasteiger partial charge in [0.05, 0.1) is 6.61 Å². The van der Waals surface area contributed by atoms with Gasteiger partial charge < -0.3 is 4.74 Å². The standard InChI is InChI=1S/C27H19BrN4O3S2/c1-3-35-27(34)22(16-31)26-32(20-7-5-4-6-8-20)25(33)24(37-26)23(36-2)21(13-17(14-29)15-30)18-9-11-19(28)12-10-18/h4-13,24H,3H2,1-2H3. The summed E-state index contributed by atoms with van der Waals surface area (Å²) in [7, 11) is 0. The van der Waals surface area contributed by atoms with Crippen molar-refractivity contribution < 1.29 is 14.3 Å². The quantitative estimate of drug-likeness (QED) is 0.168. The number of amides is 1. The third kappa shape index (κ3) is 6.15. The molecule has 1 aliphatic rings. The van der Waals surface area contributed by atoms with E-state index in [0.717, 1.165) is 16.2 Å². The number of nitriles is 3. The molecule has 0 bridgehead atoms. The number of anilines is 1. The number of carbonyl (C=O) groups is 2. The Morgan fingerprint density at radius 3 is 2.30 bits per heavy atom. The summed E-state index contributed by atoms with van der Waals surface area (Å²) in [5, 5.41) is 28.0. The number of hydrogen-bond acceptors (Lipinski definition) is 8. The summed E-state index contributed by atoms with van der Waals surface area (Å²) in [6.45, 7) is 1.71. The predicted octanol–water partition coefficient (Wildman–Crippen LogP) is 5.94. The number of para-hydroxylation sites is 1. The molecule has 10 heteroatoms. The van der Waals surface area contributed by atoms with Crippen LogP contribution < -0.4 is 4.90 Å². The van der Waals surface area contributed by atoms with Gasteiger partial charge in [-0.1, -0.05) is 58.0 Å².